The first kappa shape index (κ1) is 13.8. The third-order valence-electron chi connectivity index (χ3n) is 3.21. The Bertz CT molecular complexity index is 435. The standard InChI is InChI=1S/C14H19FN2O2/c1-2-12(9-17-14(18)10-7-16-8-10)19-13-5-3-4-11(15)6-13/h3-6,10,12,16H,2,7-9H2,1H3,(H,17,18). The van der Waals surface area contributed by atoms with Gasteiger partial charge in [-0.05, 0) is 18.6 Å². The Morgan fingerprint density at radius 2 is 2.37 bits per heavy atom. The molecule has 4 nitrogen and oxygen atoms in total. The van der Waals surface area contributed by atoms with Gasteiger partial charge in [-0.1, -0.05) is 13.0 Å². The molecule has 2 rings (SSSR count). The zero-order valence-corrected chi connectivity index (χ0v) is 11.0. The molecular formula is C14H19FN2O2. The summed E-state index contributed by atoms with van der Waals surface area (Å²) in [4.78, 5) is 11.7. The van der Waals surface area contributed by atoms with Crippen molar-refractivity contribution in [2.24, 2.45) is 5.92 Å². The summed E-state index contributed by atoms with van der Waals surface area (Å²) in [5, 5.41) is 5.93. The lowest BCUT2D eigenvalue weighted by atomic mass is 10.0. The Morgan fingerprint density at radius 3 is 2.95 bits per heavy atom. The molecule has 1 aliphatic heterocycles. The smallest absolute Gasteiger partial charge is 0.225 e. The molecule has 1 aromatic rings. The van der Waals surface area contributed by atoms with Gasteiger partial charge >= 0.3 is 0 Å². The van der Waals surface area contributed by atoms with Gasteiger partial charge in [-0.2, -0.15) is 0 Å². The number of hydrogen-bond acceptors (Lipinski definition) is 3. The van der Waals surface area contributed by atoms with Crippen molar-refractivity contribution in [3.63, 3.8) is 0 Å². The van der Waals surface area contributed by atoms with E-state index in [1.54, 1.807) is 12.1 Å². The van der Waals surface area contributed by atoms with Gasteiger partial charge in [0.1, 0.15) is 17.7 Å². The molecule has 2 N–H and O–H groups in total. The summed E-state index contributed by atoms with van der Waals surface area (Å²) < 4.78 is 18.7. The van der Waals surface area contributed by atoms with Crippen LogP contribution < -0.4 is 15.4 Å². The average Bonchev–Trinajstić information content (AvgIpc) is 2.32. The maximum atomic E-state index is 13.0. The Kier molecular flexibility index (Phi) is 4.74. The van der Waals surface area contributed by atoms with Gasteiger partial charge in [0, 0.05) is 19.2 Å². The summed E-state index contributed by atoms with van der Waals surface area (Å²) in [6.45, 7) is 3.91. The minimum atomic E-state index is -0.322. The van der Waals surface area contributed by atoms with Crippen molar-refractivity contribution < 1.29 is 13.9 Å². The van der Waals surface area contributed by atoms with E-state index in [0.29, 0.717) is 12.3 Å². The molecule has 104 valence electrons. The van der Waals surface area contributed by atoms with Gasteiger partial charge in [0.25, 0.3) is 0 Å². The van der Waals surface area contributed by atoms with Gasteiger partial charge in [-0.15, -0.1) is 0 Å². The van der Waals surface area contributed by atoms with E-state index in [1.165, 1.54) is 12.1 Å². The predicted octanol–water partition coefficient (Wildman–Crippen LogP) is 1.32. The summed E-state index contributed by atoms with van der Waals surface area (Å²) in [6, 6.07) is 6.04. The maximum Gasteiger partial charge on any atom is 0.225 e. The Labute approximate surface area is 112 Å². The third-order valence-corrected chi connectivity index (χ3v) is 3.21. The van der Waals surface area contributed by atoms with Crippen LogP contribution >= 0.6 is 0 Å². The molecule has 5 heteroatoms. The second kappa shape index (κ2) is 6.52. The predicted molar refractivity (Wildman–Crippen MR) is 70.5 cm³/mol. The largest absolute Gasteiger partial charge is 0.489 e. The number of hydrogen-bond donors (Lipinski definition) is 2. The monoisotopic (exact) mass is 266 g/mol. The number of ether oxygens (including phenoxy) is 1. The second-order valence-electron chi connectivity index (χ2n) is 4.71. The number of nitrogens with one attached hydrogen (secondary N) is 2. The molecule has 1 saturated heterocycles. The molecule has 1 amide bonds. The van der Waals surface area contributed by atoms with Crippen molar-refractivity contribution in [1.29, 1.82) is 0 Å². The van der Waals surface area contributed by atoms with Crippen molar-refractivity contribution in [3.05, 3.63) is 30.1 Å². The molecule has 0 spiro atoms. The molecule has 19 heavy (non-hydrogen) atoms. The number of benzene rings is 1. The average molecular weight is 266 g/mol. The summed E-state index contributed by atoms with van der Waals surface area (Å²) in [5.74, 6) is 0.301. The topological polar surface area (TPSA) is 50.4 Å². The van der Waals surface area contributed by atoms with Crippen LogP contribution in [0.25, 0.3) is 0 Å². The molecule has 1 aliphatic rings. The van der Waals surface area contributed by atoms with Gasteiger partial charge in [0.15, 0.2) is 0 Å². The van der Waals surface area contributed by atoms with Crippen LogP contribution in [0.1, 0.15) is 13.3 Å². The fourth-order valence-corrected chi connectivity index (χ4v) is 1.83. The zero-order valence-electron chi connectivity index (χ0n) is 11.0. The van der Waals surface area contributed by atoms with E-state index in [2.05, 4.69) is 10.6 Å². The van der Waals surface area contributed by atoms with E-state index in [9.17, 15) is 9.18 Å². The van der Waals surface area contributed by atoms with Crippen LogP contribution in [0.5, 0.6) is 5.75 Å². The molecule has 1 fully saturated rings. The van der Waals surface area contributed by atoms with Gasteiger partial charge < -0.3 is 15.4 Å². The summed E-state index contributed by atoms with van der Waals surface area (Å²) in [5.41, 5.74) is 0. The van der Waals surface area contributed by atoms with Crippen molar-refractivity contribution in [1.82, 2.24) is 10.6 Å². The first-order valence-corrected chi connectivity index (χ1v) is 6.59. The lowest BCUT2D eigenvalue weighted by Crippen LogP contribution is -2.52. The molecule has 0 saturated carbocycles. The molecule has 0 bridgehead atoms. The Morgan fingerprint density at radius 1 is 1.58 bits per heavy atom. The molecule has 0 aromatic heterocycles. The fourth-order valence-electron chi connectivity index (χ4n) is 1.83. The summed E-state index contributed by atoms with van der Waals surface area (Å²) in [7, 11) is 0. The van der Waals surface area contributed by atoms with E-state index < -0.39 is 0 Å². The van der Waals surface area contributed by atoms with E-state index in [1.807, 2.05) is 6.92 Å². The van der Waals surface area contributed by atoms with Crippen LogP contribution in [0.3, 0.4) is 0 Å². The van der Waals surface area contributed by atoms with E-state index in [0.717, 1.165) is 19.5 Å². The molecule has 1 aromatic carbocycles. The quantitative estimate of drug-likeness (QED) is 0.816. The van der Waals surface area contributed by atoms with Crippen LogP contribution in [0, 0.1) is 11.7 Å². The zero-order chi connectivity index (χ0) is 13.7. The first-order chi connectivity index (χ1) is 9.19. The first-order valence-electron chi connectivity index (χ1n) is 6.59. The van der Waals surface area contributed by atoms with Crippen molar-refractivity contribution >= 4 is 5.91 Å². The van der Waals surface area contributed by atoms with Crippen molar-refractivity contribution in [2.75, 3.05) is 19.6 Å². The van der Waals surface area contributed by atoms with Gasteiger partial charge in [0.05, 0.1) is 12.5 Å². The highest BCUT2D eigenvalue weighted by molar-refractivity contribution is 5.80. The van der Waals surface area contributed by atoms with E-state index >= 15 is 0 Å². The fraction of sp³-hybridized carbons (Fsp3) is 0.500. The van der Waals surface area contributed by atoms with Crippen LogP contribution in [-0.2, 0) is 4.79 Å². The highest BCUT2D eigenvalue weighted by Crippen LogP contribution is 2.14. The van der Waals surface area contributed by atoms with E-state index in [4.69, 9.17) is 4.74 Å². The molecule has 1 unspecified atom stereocenters. The van der Waals surface area contributed by atoms with Crippen molar-refractivity contribution in [3.8, 4) is 5.75 Å². The number of amides is 1. The molecule has 0 aliphatic carbocycles. The third kappa shape index (κ3) is 3.92. The van der Waals surface area contributed by atoms with Crippen LogP contribution in [0.15, 0.2) is 24.3 Å². The molecule has 0 radical (unpaired) electrons. The minimum Gasteiger partial charge on any atom is -0.489 e. The summed E-state index contributed by atoms with van der Waals surface area (Å²) in [6.07, 6.45) is 0.610. The number of carbonyl (C=O) groups excluding carboxylic acids is 1. The second-order valence-corrected chi connectivity index (χ2v) is 4.71. The van der Waals surface area contributed by atoms with Crippen molar-refractivity contribution in [2.45, 2.75) is 19.4 Å². The maximum absolute atomic E-state index is 13.0. The normalized spacial score (nSPS) is 16.5. The molecule has 1 atom stereocenters. The van der Waals surface area contributed by atoms with Crippen LogP contribution in [0.2, 0.25) is 0 Å². The number of halogens is 1. The lowest BCUT2D eigenvalue weighted by molar-refractivity contribution is -0.126. The SMILES string of the molecule is CCC(CNC(=O)C1CNC1)Oc1cccc(F)c1. The Balaban J connectivity index is 1.81. The van der Waals surface area contributed by atoms with E-state index in [-0.39, 0.29) is 23.7 Å². The highest BCUT2D eigenvalue weighted by Gasteiger charge is 2.25. The molecular weight excluding hydrogens is 247 g/mol. The van der Waals surface area contributed by atoms with Gasteiger partial charge in [-0.25, -0.2) is 4.39 Å². The Hall–Kier alpha value is -1.62. The highest BCUT2D eigenvalue weighted by atomic mass is 19.1. The van der Waals surface area contributed by atoms with Gasteiger partial charge in [-0.3, -0.25) is 4.79 Å². The van der Waals surface area contributed by atoms with Gasteiger partial charge in [0.2, 0.25) is 5.91 Å². The number of rotatable bonds is 6. The summed E-state index contributed by atoms with van der Waals surface area (Å²) >= 11 is 0. The number of carbonyl (C=O) groups is 1. The minimum absolute atomic E-state index is 0.0556. The molecule has 1 heterocycles. The van der Waals surface area contributed by atoms with Crippen LogP contribution in [0.4, 0.5) is 4.39 Å². The van der Waals surface area contributed by atoms with Crippen LogP contribution in [-0.4, -0.2) is 31.6 Å². The lowest BCUT2D eigenvalue weighted by Gasteiger charge is -2.27.